The normalized spacial score (nSPS) is 11.1. The molecular formula is C20H20N4OS2. The number of para-hydroxylation sites is 2. The van der Waals surface area contributed by atoms with E-state index >= 15 is 0 Å². The van der Waals surface area contributed by atoms with E-state index in [1.807, 2.05) is 36.4 Å². The van der Waals surface area contributed by atoms with Crippen LogP contribution in [0, 0.1) is 0 Å². The third-order valence-electron chi connectivity index (χ3n) is 4.15. The molecule has 0 saturated heterocycles. The second kappa shape index (κ2) is 8.45. The molecule has 2 aromatic carbocycles. The highest BCUT2D eigenvalue weighted by Gasteiger charge is 2.06. The van der Waals surface area contributed by atoms with E-state index in [0.29, 0.717) is 19.5 Å². The summed E-state index contributed by atoms with van der Waals surface area (Å²) in [6, 6.07) is 16.2. The molecule has 0 radical (unpaired) electrons. The average molecular weight is 397 g/mol. The van der Waals surface area contributed by atoms with E-state index in [2.05, 4.69) is 32.7 Å². The first-order chi connectivity index (χ1) is 13.3. The van der Waals surface area contributed by atoms with Crippen LogP contribution < -0.4 is 10.6 Å². The van der Waals surface area contributed by atoms with Crippen molar-refractivity contribution in [1.29, 1.82) is 0 Å². The number of anilines is 1. The molecule has 0 aliphatic carbocycles. The zero-order valence-electron chi connectivity index (χ0n) is 14.8. The first-order valence-electron chi connectivity index (χ1n) is 8.98. The highest BCUT2D eigenvalue weighted by Crippen LogP contribution is 2.25. The van der Waals surface area contributed by atoms with Gasteiger partial charge in [0.25, 0.3) is 0 Å². The van der Waals surface area contributed by atoms with E-state index in [-0.39, 0.29) is 5.91 Å². The maximum atomic E-state index is 12.0. The Balaban J connectivity index is 1.15. The molecule has 4 rings (SSSR count). The number of benzene rings is 2. The maximum absolute atomic E-state index is 12.0. The third kappa shape index (κ3) is 4.61. The zero-order chi connectivity index (χ0) is 18.5. The van der Waals surface area contributed by atoms with Crippen LogP contribution in [0.5, 0.6) is 0 Å². The van der Waals surface area contributed by atoms with E-state index in [1.54, 1.807) is 22.7 Å². The van der Waals surface area contributed by atoms with Gasteiger partial charge in [0.15, 0.2) is 5.13 Å². The lowest BCUT2D eigenvalue weighted by Gasteiger charge is -2.05. The van der Waals surface area contributed by atoms with Crippen LogP contribution in [-0.4, -0.2) is 29.0 Å². The fourth-order valence-electron chi connectivity index (χ4n) is 2.83. The quantitative estimate of drug-likeness (QED) is 0.432. The number of carbonyl (C=O) groups excluding carboxylic acids is 1. The smallest absolute Gasteiger partial charge is 0.220 e. The van der Waals surface area contributed by atoms with Crippen molar-refractivity contribution in [2.24, 2.45) is 0 Å². The van der Waals surface area contributed by atoms with E-state index in [0.717, 1.165) is 34.0 Å². The first kappa shape index (κ1) is 17.9. The van der Waals surface area contributed by atoms with Gasteiger partial charge in [0.05, 0.1) is 25.4 Å². The highest BCUT2D eigenvalue weighted by atomic mass is 32.1. The number of aromatic nitrogens is 2. The molecule has 7 heteroatoms. The largest absolute Gasteiger partial charge is 0.360 e. The number of nitrogens with zero attached hydrogens (tertiary/aromatic N) is 2. The lowest BCUT2D eigenvalue weighted by molar-refractivity contribution is -0.121. The van der Waals surface area contributed by atoms with Gasteiger partial charge in [-0.1, -0.05) is 35.6 Å². The summed E-state index contributed by atoms with van der Waals surface area (Å²) in [6.07, 6.45) is 2.19. The molecule has 27 heavy (non-hydrogen) atoms. The number of rotatable bonds is 8. The Bertz CT molecular complexity index is 990. The summed E-state index contributed by atoms with van der Waals surface area (Å²) >= 11 is 3.34. The number of hydrogen-bond donors (Lipinski definition) is 2. The molecule has 2 aromatic heterocycles. The summed E-state index contributed by atoms with van der Waals surface area (Å²) in [5, 5.41) is 8.22. The number of carbonyl (C=O) groups is 1. The second-order valence-electron chi connectivity index (χ2n) is 6.19. The van der Waals surface area contributed by atoms with Crippen LogP contribution >= 0.6 is 22.7 Å². The predicted octanol–water partition coefficient (Wildman–Crippen LogP) is 4.46. The van der Waals surface area contributed by atoms with Crippen LogP contribution in [0.2, 0.25) is 0 Å². The SMILES string of the molecule is O=C(CCCc1nc2ccccc2s1)NCCNc1nc2ccccc2s1. The Hall–Kier alpha value is -2.51. The Morgan fingerprint density at radius 2 is 1.59 bits per heavy atom. The standard InChI is InChI=1S/C20H20N4OS2/c25-18(10-5-11-19-23-14-6-1-3-8-16(14)26-19)21-12-13-22-20-24-15-7-2-4-9-17(15)27-20/h1-4,6-9H,5,10-13H2,(H,21,25)(H,22,24). The molecule has 0 unspecified atom stereocenters. The molecule has 138 valence electrons. The van der Waals surface area contributed by atoms with Crippen LogP contribution in [0.4, 0.5) is 5.13 Å². The van der Waals surface area contributed by atoms with Gasteiger partial charge < -0.3 is 10.6 Å². The lowest BCUT2D eigenvalue weighted by atomic mass is 10.2. The monoisotopic (exact) mass is 396 g/mol. The summed E-state index contributed by atoms with van der Waals surface area (Å²) < 4.78 is 2.37. The van der Waals surface area contributed by atoms with Gasteiger partial charge in [-0.25, -0.2) is 9.97 Å². The Kier molecular flexibility index (Phi) is 5.60. The van der Waals surface area contributed by atoms with Gasteiger partial charge in [-0.3, -0.25) is 4.79 Å². The van der Waals surface area contributed by atoms with Crippen LogP contribution in [-0.2, 0) is 11.2 Å². The van der Waals surface area contributed by atoms with Crippen LogP contribution in [0.15, 0.2) is 48.5 Å². The van der Waals surface area contributed by atoms with Crippen LogP contribution in [0.1, 0.15) is 17.8 Å². The summed E-state index contributed by atoms with van der Waals surface area (Å²) in [6.45, 7) is 1.26. The summed E-state index contributed by atoms with van der Waals surface area (Å²) in [5.74, 6) is 0.0854. The number of hydrogen-bond acceptors (Lipinski definition) is 6. The molecular weight excluding hydrogens is 376 g/mol. The molecule has 2 N–H and O–H groups in total. The summed E-state index contributed by atoms with van der Waals surface area (Å²) in [5.41, 5.74) is 2.05. The van der Waals surface area contributed by atoms with Crippen molar-refractivity contribution < 1.29 is 4.79 Å². The average Bonchev–Trinajstić information content (AvgIpc) is 3.28. The number of nitrogens with one attached hydrogen (secondary N) is 2. The van der Waals surface area contributed by atoms with Crippen LogP contribution in [0.3, 0.4) is 0 Å². The lowest BCUT2D eigenvalue weighted by Crippen LogP contribution is -2.28. The number of thiazole rings is 2. The first-order valence-corrected chi connectivity index (χ1v) is 10.6. The van der Waals surface area contributed by atoms with E-state index in [1.165, 1.54) is 9.40 Å². The molecule has 0 saturated carbocycles. The number of aryl methyl sites for hydroxylation is 1. The van der Waals surface area contributed by atoms with Gasteiger partial charge in [-0.2, -0.15) is 0 Å². The van der Waals surface area contributed by atoms with Crippen molar-refractivity contribution in [2.75, 3.05) is 18.4 Å². The van der Waals surface area contributed by atoms with Crippen molar-refractivity contribution >= 4 is 54.1 Å². The predicted molar refractivity (Wildman–Crippen MR) is 114 cm³/mol. The van der Waals surface area contributed by atoms with Crippen molar-refractivity contribution in [3.8, 4) is 0 Å². The van der Waals surface area contributed by atoms with E-state index < -0.39 is 0 Å². The minimum absolute atomic E-state index is 0.0854. The van der Waals surface area contributed by atoms with Gasteiger partial charge in [-0.15, -0.1) is 11.3 Å². The molecule has 4 aromatic rings. The highest BCUT2D eigenvalue weighted by molar-refractivity contribution is 7.22. The van der Waals surface area contributed by atoms with Gasteiger partial charge >= 0.3 is 0 Å². The number of fused-ring (bicyclic) bond motifs is 2. The van der Waals surface area contributed by atoms with Gasteiger partial charge in [0.2, 0.25) is 5.91 Å². The summed E-state index contributed by atoms with van der Waals surface area (Å²) in [7, 11) is 0. The zero-order valence-corrected chi connectivity index (χ0v) is 16.4. The fraction of sp³-hybridized carbons (Fsp3) is 0.250. The molecule has 0 spiro atoms. The molecule has 2 heterocycles. The van der Waals surface area contributed by atoms with Gasteiger partial charge in [0, 0.05) is 19.5 Å². The molecule has 0 aliphatic rings. The Morgan fingerprint density at radius 3 is 2.33 bits per heavy atom. The number of amides is 1. The van der Waals surface area contributed by atoms with Crippen molar-refractivity contribution in [1.82, 2.24) is 15.3 Å². The molecule has 1 amide bonds. The van der Waals surface area contributed by atoms with Gasteiger partial charge in [0.1, 0.15) is 0 Å². The molecule has 0 fully saturated rings. The molecule has 0 bridgehead atoms. The minimum Gasteiger partial charge on any atom is -0.360 e. The topological polar surface area (TPSA) is 66.9 Å². The van der Waals surface area contributed by atoms with Crippen molar-refractivity contribution in [3.05, 3.63) is 53.5 Å². The van der Waals surface area contributed by atoms with Crippen molar-refractivity contribution in [2.45, 2.75) is 19.3 Å². The summed E-state index contributed by atoms with van der Waals surface area (Å²) in [4.78, 5) is 21.1. The van der Waals surface area contributed by atoms with Gasteiger partial charge in [-0.05, 0) is 37.1 Å². The Labute approximate surface area is 165 Å². The minimum atomic E-state index is 0.0854. The molecule has 0 atom stereocenters. The Morgan fingerprint density at radius 1 is 0.889 bits per heavy atom. The molecule has 0 aliphatic heterocycles. The van der Waals surface area contributed by atoms with Crippen LogP contribution in [0.25, 0.3) is 20.4 Å². The fourth-order valence-corrected chi connectivity index (χ4v) is 4.74. The van der Waals surface area contributed by atoms with Crippen molar-refractivity contribution in [3.63, 3.8) is 0 Å². The maximum Gasteiger partial charge on any atom is 0.220 e. The van der Waals surface area contributed by atoms with E-state index in [9.17, 15) is 4.79 Å². The molecule has 5 nitrogen and oxygen atoms in total. The van der Waals surface area contributed by atoms with E-state index in [4.69, 9.17) is 0 Å². The second-order valence-corrected chi connectivity index (χ2v) is 8.34. The third-order valence-corrected chi connectivity index (χ3v) is 6.24.